The fraction of sp³-hybridized carbons (Fsp3) is 0.273. The zero-order valence-electron chi connectivity index (χ0n) is 8.16. The van der Waals surface area contributed by atoms with E-state index in [4.69, 9.17) is 0 Å². The summed E-state index contributed by atoms with van der Waals surface area (Å²) in [5.41, 5.74) is 2.05. The van der Waals surface area contributed by atoms with E-state index in [0.717, 1.165) is 17.0 Å². The number of anilines is 1. The van der Waals surface area contributed by atoms with E-state index in [1.807, 2.05) is 19.1 Å². The lowest BCUT2D eigenvalue weighted by atomic mass is 10.3. The first kappa shape index (κ1) is 8.94. The van der Waals surface area contributed by atoms with Gasteiger partial charge in [-0.05, 0) is 24.1 Å². The number of aromatic nitrogens is 1. The average Bonchev–Trinajstić information content (AvgIpc) is 2.47. The zero-order chi connectivity index (χ0) is 10.1. The maximum Gasteiger partial charge on any atom is 0.232 e. The third-order valence-electron chi connectivity index (χ3n) is 2.26. The van der Waals surface area contributed by atoms with Crippen LogP contribution in [0, 0.1) is 6.92 Å². The van der Waals surface area contributed by atoms with E-state index in [1.165, 1.54) is 0 Å². The maximum atomic E-state index is 11.5. The predicted molar refractivity (Wildman–Crippen MR) is 55.1 cm³/mol. The fourth-order valence-corrected chi connectivity index (χ4v) is 1.51. The molecule has 0 spiro atoms. The molecule has 0 bridgehead atoms. The number of pyridine rings is 1. The lowest BCUT2D eigenvalue weighted by Gasteiger charge is -2.13. The van der Waals surface area contributed by atoms with Crippen LogP contribution < -0.4 is 4.90 Å². The Balaban J connectivity index is 2.27. The molecule has 0 N–H and O–H groups in total. The van der Waals surface area contributed by atoms with E-state index in [0.29, 0.717) is 13.0 Å². The van der Waals surface area contributed by atoms with Crippen LogP contribution in [0.15, 0.2) is 30.5 Å². The fourth-order valence-electron chi connectivity index (χ4n) is 1.51. The number of hydrogen-bond acceptors (Lipinski definition) is 2. The van der Waals surface area contributed by atoms with Gasteiger partial charge in [0, 0.05) is 19.2 Å². The Bertz CT molecular complexity index is 381. The Labute approximate surface area is 83.1 Å². The summed E-state index contributed by atoms with van der Waals surface area (Å²) in [5, 5.41) is 0. The van der Waals surface area contributed by atoms with Crippen LogP contribution >= 0.6 is 0 Å². The Kier molecular flexibility index (Phi) is 2.08. The molecule has 0 aromatic carbocycles. The van der Waals surface area contributed by atoms with Crippen LogP contribution in [0.5, 0.6) is 0 Å². The van der Waals surface area contributed by atoms with Gasteiger partial charge in [0.05, 0.1) is 0 Å². The predicted octanol–water partition coefficient (Wildman–Crippen LogP) is 1.68. The Hall–Kier alpha value is -1.64. The molecule has 1 aromatic rings. The van der Waals surface area contributed by atoms with E-state index < -0.39 is 0 Å². The molecule has 3 nitrogen and oxygen atoms in total. The SMILES string of the molecule is C=C1CC(=O)N(c2ccc(C)cn2)C1. The van der Waals surface area contributed by atoms with Crippen LogP contribution in [0.2, 0.25) is 0 Å². The van der Waals surface area contributed by atoms with Gasteiger partial charge in [0.2, 0.25) is 5.91 Å². The summed E-state index contributed by atoms with van der Waals surface area (Å²) in [4.78, 5) is 17.4. The highest BCUT2D eigenvalue weighted by molar-refractivity contribution is 5.97. The van der Waals surface area contributed by atoms with Crippen molar-refractivity contribution in [3.8, 4) is 0 Å². The molecule has 0 aliphatic carbocycles. The summed E-state index contributed by atoms with van der Waals surface area (Å²) >= 11 is 0. The first-order valence-corrected chi connectivity index (χ1v) is 4.56. The van der Waals surface area contributed by atoms with Crippen LogP contribution in [0.3, 0.4) is 0 Å². The standard InChI is InChI=1S/C11H12N2O/c1-8-3-4-10(12-6-8)13-7-9(2)5-11(13)14/h3-4,6H,2,5,7H2,1H3. The quantitative estimate of drug-likeness (QED) is 0.628. The van der Waals surface area contributed by atoms with Crippen molar-refractivity contribution in [3.63, 3.8) is 0 Å². The monoisotopic (exact) mass is 188 g/mol. The molecule has 0 unspecified atom stereocenters. The van der Waals surface area contributed by atoms with Crippen molar-refractivity contribution in [2.45, 2.75) is 13.3 Å². The van der Waals surface area contributed by atoms with Crippen molar-refractivity contribution in [2.24, 2.45) is 0 Å². The minimum Gasteiger partial charge on any atom is -0.292 e. The topological polar surface area (TPSA) is 33.2 Å². The second-order valence-electron chi connectivity index (χ2n) is 3.60. The smallest absolute Gasteiger partial charge is 0.232 e. The summed E-state index contributed by atoms with van der Waals surface area (Å²) in [6.45, 7) is 6.39. The molecule has 1 aromatic heterocycles. The molecule has 1 aliphatic heterocycles. The van der Waals surface area contributed by atoms with Gasteiger partial charge in [-0.2, -0.15) is 0 Å². The number of amides is 1. The molecule has 3 heteroatoms. The normalized spacial score (nSPS) is 16.5. The molecule has 2 heterocycles. The summed E-state index contributed by atoms with van der Waals surface area (Å²) in [7, 11) is 0. The second-order valence-corrected chi connectivity index (χ2v) is 3.60. The minimum atomic E-state index is 0.0892. The summed E-state index contributed by atoms with van der Waals surface area (Å²) in [6.07, 6.45) is 2.22. The van der Waals surface area contributed by atoms with Crippen molar-refractivity contribution in [1.29, 1.82) is 0 Å². The highest BCUT2D eigenvalue weighted by atomic mass is 16.2. The van der Waals surface area contributed by atoms with Gasteiger partial charge in [0.25, 0.3) is 0 Å². The molecular formula is C11H12N2O. The van der Waals surface area contributed by atoms with Crippen LogP contribution in [0.1, 0.15) is 12.0 Å². The molecule has 0 atom stereocenters. The van der Waals surface area contributed by atoms with E-state index in [1.54, 1.807) is 11.1 Å². The third-order valence-corrected chi connectivity index (χ3v) is 2.26. The molecule has 1 fully saturated rings. The summed E-state index contributed by atoms with van der Waals surface area (Å²) in [6, 6.07) is 3.82. The van der Waals surface area contributed by atoms with Gasteiger partial charge < -0.3 is 0 Å². The van der Waals surface area contributed by atoms with Crippen LogP contribution in [-0.4, -0.2) is 17.4 Å². The van der Waals surface area contributed by atoms with E-state index in [9.17, 15) is 4.79 Å². The first-order valence-electron chi connectivity index (χ1n) is 4.56. The molecule has 1 saturated heterocycles. The second kappa shape index (κ2) is 3.25. The molecule has 1 amide bonds. The summed E-state index contributed by atoms with van der Waals surface area (Å²) < 4.78 is 0. The lowest BCUT2D eigenvalue weighted by molar-refractivity contribution is -0.116. The van der Waals surface area contributed by atoms with Crippen molar-refractivity contribution in [3.05, 3.63) is 36.0 Å². The van der Waals surface area contributed by atoms with Gasteiger partial charge in [0.1, 0.15) is 5.82 Å². The van der Waals surface area contributed by atoms with Crippen molar-refractivity contribution >= 4 is 11.7 Å². The third kappa shape index (κ3) is 1.53. The zero-order valence-corrected chi connectivity index (χ0v) is 8.16. The largest absolute Gasteiger partial charge is 0.292 e. The molecule has 2 rings (SSSR count). The highest BCUT2D eigenvalue weighted by Crippen LogP contribution is 2.21. The van der Waals surface area contributed by atoms with E-state index in [-0.39, 0.29) is 5.91 Å². The summed E-state index contributed by atoms with van der Waals surface area (Å²) in [5.74, 6) is 0.811. The van der Waals surface area contributed by atoms with Crippen molar-refractivity contribution in [2.75, 3.05) is 11.4 Å². The number of hydrogen-bond donors (Lipinski definition) is 0. The number of carbonyl (C=O) groups is 1. The Morgan fingerprint density at radius 1 is 1.50 bits per heavy atom. The van der Waals surface area contributed by atoms with Gasteiger partial charge in [-0.1, -0.05) is 12.6 Å². The van der Waals surface area contributed by atoms with Gasteiger partial charge >= 0.3 is 0 Å². The first-order chi connectivity index (χ1) is 6.66. The molecular weight excluding hydrogens is 176 g/mol. The van der Waals surface area contributed by atoms with Gasteiger partial charge in [-0.25, -0.2) is 4.98 Å². The minimum absolute atomic E-state index is 0.0892. The number of nitrogens with zero attached hydrogens (tertiary/aromatic N) is 2. The number of carbonyl (C=O) groups excluding carboxylic acids is 1. The van der Waals surface area contributed by atoms with E-state index >= 15 is 0 Å². The molecule has 14 heavy (non-hydrogen) atoms. The molecule has 1 aliphatic rings. The van der Waals surface area contributed by atoms with Crippen LogP contribution in [-0.2, 0) is 4.79 Å². The average molecular weight is 188 g/mol. The lowest BCUT2D eigenvalue weighted by Crippen LogP contribution is -2.24. The van der Waals surface area contributed by atoms with Crippen LogP contribution in [0.4, 0.5) is 5.82 Å². The highest BCUT2D eigenvalue weighted by Gasteiger charge is 2.25. The van der Waals surface area contributed by atoms with Crippen LogP contribution in [0.25, 0.3) is 0 Å². The van der Waals surface area contributed by atoms with Gasteiger partial charge in [-0.15, -0.1) is 0 Å². The number of rotatable bonds is 1. The maximum absolute atomic E-state index is 11.5. The van der Waals surface area contributed by atoms with Gasteiger partial charge in [-0.3, -0.25) is 9.69 Å². The molecule has 0 radical (unpaired) electrons. The van der Waals surface area contributed by atoms with E-state index in [2.05, 4.69) is 11.6 Å². The van der Waals surface area contributed by atoms with Gasteiger partial charge in [0.15, 0.2) is 0 Å². The number of aryl methyl sites for hydroxylation is 1. The van der Waals surface area contributed by atoms with Crippen molar-refractivity contribution < 1.29 is 4.79 Å². The Morgan fingerprint density at radius 3 is 2.79 bits per heavy atom. The van der Waals surface area contributed by atoms with Crippen molar-refractivity contribution in [1.82, 2.24) is 4.98 Å². The molecule has 72 valence electrons. The Morgan fingerprint density at radius 2 is 2.29 bits per heavy atom. The molecule has 0 saturated carbocycles.